The third-order valence-corrected chi connectivity index (χ3v) is 11.9. The Hall–Kier alpha value is -0.393. The molecular weight excluding hydrogens is 404 g/mol. The van der Waals surface area contributed by atoms with Crippen LogP contribution in [0.25, 0.3) is 0 Å². The summed E-state index contributed by atoms with van der Waals surface area (Å²) in [7, 11) is -2.00. The van der Waals surface area contributed by atoms with Crippen LogP contribution in [0, 0.1) is 11.8 Å². The lowest BCUT2D eigenvalue weighted by molar-refractivity contribution is -0.147. The minimum Gasteiger partial charge on any atom is -0.481 e. The van der Waals surface area contributed by atoms with Crippen molar-refractivity contribution in [3.63, 3.8) is 0 Å². The van der Waals surface area contributed by atoms with E-state index in [1.54, 1.807) is 6.92 Å². The molecule has 4 atom stereocenters. The Bertz CT molecular complexity index is 473. The number of aliphatic hydroxyl groups is 1. The first-order chi connectivity index (χ1) is 14.3. The molecule has 0 aromatic rings. The maximum atomic E-state index is 11.4. The Balaban J connectivity index is 4.58. The summed E-state index contributed by atoms with van der Waals surface area (Å²) in [5.74, 6) is -1.92. The second-order valence-corrected chi connectivity index (χ2v) is 16.0. The molecule has 0 bridgehead atoms. The van der Waals surface area contributed by atoms with Gasteiger partial charge in [-0.3, -0.25) is 4.79 Å². The van der Waals surface area contributed by atoms with Crippen molar-refractivity contribution in [3.8, 4) is 0 Å². The normalized spacial score (nSPS) is 16.7. The molecule has 0 fully saturated rings. The first-order valence-corrected chi connectivity index (χ1v) is 15.8. The van der Waals surface area contributed by atoms with E-state index in [2.05, 4.69) is 40.8 Å². The number of aliphatic hydroxyl groups excluding tert-OH is 1. The van der Waals surface area contributed by atoms with Crippen LogP contribution in [0.1, 0.15) is 119 Å². The van der Waals surface area contributed by atoms with E-state index in [1.807, 2.05) is 6.92 Å². The molecule has 0 aliphatic carbocycles. The van der Waals surface area contributed by atoms with E-state index in [-0.39, 0.29) is 17.1 Å². The SMILES string of the molecule is CCCCCCCCCCCCC[C@@H](O[Si](C)(C)C(C)(C)C)[C@H](C)[C@@H](O)[C@@H](C)C(=O)O. The number of hydrogen-bond acceptors (Lipinski definition) is 3. The minimum absolute atomic E-state index is 0.0868. The molecule has 0 aromatic carbocycles. The Morgan fingerprint density at radius 2 is 1.29 bits per heavy atom. The van der Waals surface area contributed by atoms with E-state index in [4.69, 9.17) is 4.43 Å². The Labute approximate surface area is 194 Å². The maximum absolute atomic E-state index is 11.4. The second kappa shape index (κ2) is 15.4. The summed E-state index contributed by atoms with van der Waals surface area (Å²) in [6.45, 7) is 16.9. The highest BCUT2D eigenvalue weighted by Gasteiger charge is 2.41. The molecule has 0 spiro atoms. The van der Waals surface area contributed by atoms with E-state index < -0.39 is 26.3 Å². The van der Waals surface area contributed by atoms with Crippen LogP contribution in [0.4, 0.5) is 0 Å². The van der Waals surface area contributed by atoms with Gasteiger partial charge in [-0.15, -0.1) is 0 Å². The highest BCUT2D eigenvalue weighted by atomic mass is 28.4. The van der Waals surface area contributed by atoms with Gasteiger partial charge in [-0.25, -0.2) is 0 Å². The number of carboxylic acid groups (broad SMARTS) is 1. The van der Waals surface area contributed by atoms with Crippen LogP contribution in [0.5, 0.6) is 0 Å². The van der Waals surface area contributed by atoms with Gasteiger partial charge in [0.25, 0.3) is 0 Å². The number of carboxylic acids is 1. The molecule has 0 radical (unpaired) electrons. The van der Waals surface area contributed by atoms with Gasteiger partial charge >= 0.3 is 5.97 Å². The van der Waals surface area contributed by atoms with Crippen molar-refractivity contribution >= 4 is 14.3 Å². The molecule has 31 heavy (non-hydrogen) atoms. The average molecular weight is 459 g/mol. The van der Waals surface area contributed by atoms with Crippen molar-refractivity contribution in [2.45, 2.75) is 149 Å². The third-order valence-electron chi connectivity index (χ3n) is 7.37. The van der Waals surface area contributed by atoms with E-state index in [9.17, 15) is 15.0 Å². The van der Waals surface area contributed by atoms with Gasteiger partial charge in [0.05, 0.1) is 18.1 Å². The molecule has 0 aliphatic heterocycles. The molecule has 4 nitrogen and oxygen atoms in total. The van der Waals surface area contributed by atoms with Crippen molar-refractivity contribution in [3.05, 3.63) is 0 Å². The standard InChI is InChI=1S/C26H54O4Si/c1-9-10-11-12-13-14-15-16-17-18-19-20-23(30-31(7,8)26(4,5)6)21(2)24(27)22(3)25(28)29/h21-24,27H,9-20H2,1-8H3,(H,28,29)/t21-,22+,23+,24+/m0/s1. The Morgan fingerprint density at radius 1 is 0.871 bits per heavy atom. The first-order valence-electron chi connectivity index (χ1n) is 12.9. The number of unbranched alkanes of at least 4 members (excludes halogenated alkanes) is 10. The molecular formula is C26H54O4Si. The van der Waals surface area contributed by atoms with Crippen molar-refractivity contribution in [1.82, 2.24) is 0 Å². The molecule has 5 heteroatoms. The fraction of sp³-hybridized carbons (Fsp3) is 0.962. The van der Waals surface area contributed by atoms with Crippen LogP contribution in [-0.4, -0.2) is 36.7 Å². The van der Waals surface area contributed by atoms with Gasteiger partial charge in [0, 0.05) is 5.92 Å². The summed E-state index contributed by atoms with van der Waals surface area (Å²) in [5.41, 5.74) is 0. The van der Waals surface area contributed by atoms with Crippen molar-refractivity contribution < 1.29 is 19.4 Å². The molecule has 0 saturated heterocycles. The van der Waals surface area contributed by atoms with Gasteiger partial charge in [-0.05, 0) is 31.5 Å². The second-order valence-electron chi connectivity index (χ2n) is 11.2. The Kier molecular flexibility index (Phi) is 15.2. The van der Waals surface area contributed by atoms with Gasteiger partial charge in [-0.1, -0.05) is 105 Å². The molecule has 0 saturated carbocycles. The molecule has 2 N–H and O–H groups in total. The fourth-order valence-corrected chi connectivity index (χ4v) is 5.26. The molecule has 186 valence electrons. The monoisotopic (exact) mass is 458 g/mol. The van der Waals surface area contributed by atoms with Gasteiger partial charge in [0.1, 0.15) is 0 Å². The van der Waals surface area contributed by atoms with Gasteiger partial charge in [-0.2, -0.15) is 0 Å². The van der Waals surface area contributed by atoms with E-state index >= 15 is 0 Å². The number of aliphatic carboxylic acids is 1. The van der Waals surface area contributed by atoms with Crippen LogP contribution in [0.2, 0.25) is 18.1 Å². The van der Waals surface area contributed by atoms with Gasteiger partial charge in [0.15, 0.2) is 8.32 Å². The van der Waals surface area contributed by atoms with Crippen molar-refractivity contribution in [2.75, 3.05) is 0 Å². The first kappa shape index (κ1) is 30.6. The predicted molar refractivity (Wildman–Crippen MR) is 135 cm³/mol. The molecule has 0 aliphatic rings. The molecule has 0 unspecified atom stereocenters. The third kappa shape index (κ3) is 12.4. The predicted octanol–water partition coefficient (Wildman–Crippen LogP) is 7.80. The van der Waals surface area contributed by atoms with E-state index in [0.717, 1.165) is 12.8 Å². The fourth-order valence-electron chi connectivity index (χ4n) is 3.82. The number of hydrogen-bond donors (Lipinski definition) is 2. The highest BCUT2D eigenvalue weighted by molar-refractivity contribution is 6.74. The zero-order valence-electron chi connectivity index (χ0n) is 22.0. The van der Waals surface area contributed by atoms with Crippen LogP contribution < -0.4 is 0 Å². The summed E-state index contributed by atoms with van der Waals surface area (Å²) in [6, 6.07) is 0. The van der Waals surface area contributed by atoms with Crippen LogP contribution in [0.15, 0.2) is 0 Å². The summed E-state index contributed by atoms with van der Waals surface area (Å²) >= 11 is 0. The van der Waals surface area contributed by atoms with Crippen LogP contribution >= 0.6 is 0 Å². The Morgan fingerprint density at radius 3 is 1.68 bits per heavy atom. The smallest absolute Gasteiger partial charge is 0.308 e. The largest absolute Gasteiger partial charge is 0.481 e. The quantitative estimate of drug-likeness (QED) is 0.162. The highest BCUT2D eigenvalue weighted by Crippen LogP contribution is 2.39. The van der Waals surface area contributed by atoms with E-state index in [1.165, 1.54) is 64.2 Å². The maximum Gasteiger partial charge on any atom is 0.308 e. The van der Waals surface area contributed by atoms with E-state index in [0.29, 0.717) is 0 Å². The zero-order chi connectivity index (χ0) is 24.1. The minimum atomic E-state index is -2.00. The summed E-state index contributed by atoms with van der Waals surface area (Å²) in [4.78, 5) is 11.4. The van der Waals surface area contributed by atoms with Gasteiger partial charge < -0.3 is 14.6 Å². The molecule has 0 rings (SSSR count). The lowest BCUT2D eigenvalue weighted by atomic mass is 9.87. The zero-order valence-corrected chi connectivity index (χ0v) is 23.0. The van der Waals surface area contributed by atoms with Crippen LogP contribution in [-0.2, 0) is 9.22 Å². The lowest BCUT2D eigenvalue weighted by Gasteiger charge is -2.42. The lowest BCUT2D eigenvalue weighted by Crippen LogP contribution is -2.48. The topological polar surface area (TPSA) is 66.8 Å². The molecule has 0 amide bonds. The van der Waals surface area contributed by atoms with Crippen molar-refractivity contribution in [2.24, 2.45) is 11.8 Å². The molecule has 0 aromatic heterocycles. The number of rotatable bonds is 18. The van der Waals surface area contributed by atoms with Crippen LogP contribution in [0.3, 0.4) is 0 Å². The molecule has 0 heterocycles. The summed E-state index contributed by atoms with van der Waals surface area (Å²) in [5, 5.41) is 20.1. The van der Waals surface area contributed by atoms with Gasteiger partial charge in [0.2, 0.25) is 0 Å². The summed E-state index contributed by atoms with van der Waals surface area (Å²) in [6.07, 6.45) is 14.3. The average Bonchev–Trinajstić information content (AvgIpc) is 2.68. The van der Waals surface area contributed by atoms with Crippen molar-refractivity contribution in [1.29, 1.82) is 0 Å². The summed E-state index contributed by atoms with van der Waals surface area (Å²) < 4.78 is 6.69. The number of carbonyl (C=O) groups is 1.